The molecule has 0 saturated carbocycles. The van der Waals surface area contributed by atoms with Crippen molar-refractivity contribution in [2.24, 2.45) is 5.73 Å². The van der Waals surface area contributed by atoms with Crippen molar-refractivity contribution >= 4 is 23.1 Å². The Labute approximate surface area is 124 Å². The van der Waals surface area contributed by atoms with Gasteiger partial charge in [-0.05, 0) is 38.3 Å². The second kappa shape index (κ2) is 6.22. The molecule has 1 aliphatic rings. The summed E-state index contributed by atoms with van der Waals surface area (Å²) in [6, 6.07) is 5.56. The first-order chi connectivity index (χ1) is 9.49. The first-order valence-electron chi connectivity index (χ1n) is 6.85. The van der Waals surface area contributed by atoms with E-state index in [9.17, 15) is 4.79 Å². The molecule has 1 heterocycles. The normalized spacial score (nSPS) is 16.0. The van der Waals surface area contributed by atoms with Crippen molar-refractivity contribution in [3.8, 4) is 5.75 Å². The lowest BCUT2D eigenvalue weighted by molar-refractivity contribution is -0.136. The van der Waals surface area contributed by atoms with E-state index >= 15 is 0 Å². The predicted octanol–water partition coefficient (Wildman–Crippen LogP) is 2.02. The summed E-state index contributed by atoms with van der Waals surface area (Å²) in [5, 5.41) is 0. The minimum Gasteiger partial charge on any atom is -0.481 e. The van der Waals surface area contributed by atoms with Gasteiger partial charge in [-0.2, -0.15) is 0 Å². The molecule has 20 heavy (non-hydrogen) atoms. The standard InChI is InChI=1S/C15H20N2O2S/c1-10-5-6-12(14(16)20)9-13(10)19-11(2)15(18)17-7-3-4-8-17/h5-6,9,11H,3-4,7-8H2,1-2H3,(H2,16,20). The number of hydrogen-bond donors (Lipinski definition) is 1. The van der Waals surface area contributed by atoms with Crippen molar-refractivity contribution in [1.29, 1.82) is 0 Å². The molecular weight excluding hydrogens is 272 g/mol. The Hall–Kier alpha value is -1.62. The molecule has 108 valence electrons. The van der Waals surface area contributed by atoms with Gasteiger partial charge in [-0.1, -0.05) is 24.4 Å². The molecular formula is C15H20N2O2S. The van der Waals surface area contributed by atoms with Crippen LogP contribution >= 0.6 is 12.2 Å². The zero-order valence-corrected chi connectivity index (χ0v) is 12.7. The summed E-state index contributed by atoms with van der Waals surface area (Å²) in [4.78, 5) is 14.4. The van der Waals surface area contributed by atoms with Crippen LogP contribution in [0.15, 0.2) is 18.2 Å². The lowest BCUT2D eigenvalue weighted by Crippen LogP contribution is -2.38. The van der Waals surface area contributed by atoms with E-state index in [0.717, 1.165) is 37.1 Å². The zero-order chi connectivity index (χ0) is 14.7. The zero-order valence-electron chi connectivity index (χ0n) is 11.9. The molecule has 4 nitrogen and oxygen atoms in total. The smallest absolute Gasteiger partial charge is 0.263 e. The molecule has 2 rings (SSSR count). The van der Waals surface area contributed by atoms with Crippen LogP contribution < -0.4 is 10.5 Å². The predicted molar refractivity (Wildman–Crippen MR) is 83.0 cm³/mol. The molecule has 0 aromatic heterocycles. The number of aryl methyl sites for hydroxylation is 1. The summed E-state index contributed by atoms with van der Waals surface area (Å²) in [6.07, 6.45) is 1.66. The average molecular weight is 292 g/mol. The highest BCUT2D eigenvalue weighted by molar-refractivity contribution is 7.80. The quantitative estimate of drug-likeness (QED) is 0.863. The molecule has 1 aromatic carbocycles. The van der Waals surface area contributed by atoms with Gasteiger partial charge in [0.2, 0.25) is 0 Å². The molecule has 0 radical (unpaired) electrons. The number of nitrogens with zero attached hydrogens (tertiary/aromatic N) is 1. The third kappa shape index (κ3) is 3.28. The maximum absolute atomic E-state index is 12.2. The van der Waals surface area contributed by atoms with Gasteiger partial charge in [0, 0.05) is 18.7 Å². The molecule has 0 spiro atoms. The molecule has 5 heteroatoms. The lowest BCUT2D eigenvalue weighted by Gasteiger charge is -2.22. The van der Waals surface area contributed by atoms with Crippen molar-refractivity contribution in [2.75, 3.05) is 13.1 Å². The van der Waals surface area contributed by atoms with E-state index in [2.05, 4.69) is 0 Å². The van der Waals surface area contributed by atoms with Crippen molar-refractivity contribution in [3.63, 3.8) is 0 Å². The summed E-state index contributed by atoms with van der Waals surface area (Å²) in [5.41, 5.74) is 7.34. The van der Waals surface area contributed by atoms with E-state index in [1.54, 1.807) is 13.0 Å². The number of rotatable bonds is 4. The lowest BCUT2D eigenvalue weighted by atomic mass is 10.1. The van der Waals surface area contributed by atoms with E-state index < -0.39 is 6.10 Å². The first-order valence-corrected chi connectivity index (χ1v) is 7.26. The molecule has 1 fully saturated rings. The van der Waals surface area contributed by atoms with Crippen LogP contribution in [0.5, 0.6) is 5.75 Å². The number of likely N-dealkylation sites (tertiary alicyclic amines) is 1. The maximum atomic E-state index is 12.2. The van der Waals surface area contributed by atoms with Gasteiger partial charge in [0.25, 0.3) is 5.91 Å². The van der Waals surface area contributed by atoms with Crippen molar-refractivity contribution in [2.45, 2.75) is 32.8 Å². The van der Waals surface area contributed by atoms with Crippen LogP contribution in [0.4, 0.5) is 0 Å². The Balaban J connectivity index is 2.10. The highest BCUT2D eigenvalue weighted by Crippen LogP contribution is 2.22. The largest absolute Gasteiger partial charge is 0.481 e. The molecule has 1 aromatic rings. The van der Waals surface area contributed by atoms with Gasteiger partial charge < -0.3 is 15.4 Å². The molecule has 2 N–H and O–H groups in total. The van der Waals surface area contributed by atoms with Gasteiger partial charge in [-0.25, -0.2) is 0 Å². The minimum atomic E-state index is -0.492. The first kappa shape index (κ1) is 14.8. The summed E-state index contributed by atoms with van der Waals surface area (Å²) in [5.74, 6) is 0.706. The second-order valence-corrected chi connectivity index (χ2v) is 5.58. The molecule has 0 bridgehead atoms. The molecule has 0 aliphatic carbocycles. The van der Waals surface area contributed by atoms with Crippen LogP contribution in [-0.2, 0) is 4.79 Å². The number of ether oxygens (including phenoxy) is 1. The average Bonchev–Trinajstić information content (AvgIpc) is 2.94. The van der Waals surface area contributed by atoms with Gasteiger partial charge in [0.1, 0.15) is 10.7 Å². The summed E-state index contributed by atoms with van der Waals surface area (Å²) in [7, 11) is 0. The van der Waals surface area contributed by atoms with Gasteiger partial charge >= 0.3 is 0 Å². The molecule has 1 amide bonds. The number of nitrogens with two attached hydrogens (primary N) is 1. The maximum Gasteiger partial charge on any atom is 0.263 e. The third-order valence-electron chi connectivity index (χ3n) is 3.54. The van der Waals surface area contributed by atoms with Crippen LogP contribution in [-0.4, -0.2) is 35.0 Å². The van der Waals surface area contributed by atoms with Gasteiger partial charge in [0.15, 0.2) is 6.10 Å². The fourth-order valence-corrected chi connectivity index (χ4v) is 2.44. The topological polar surface area (TPSA) is 55.6 Å². The fourth-order valence-electron chi connectivity index (χ4n) is 2.32. The second-order valence-electron chi connectivity index (χ2n) is 5.14. The Morgan fingerprint density at radius 2 is 2.05 bits per heavy atom. The summed E-state index contributed by atoms with van der Waals surface area (Å²) in [6.45, 7) is 5.39. The Bertz CT molecular complexity index is 525. The van der Waals surface area contributed by atoms with Crippen LogP contribution in [0.3, 0.4) is 0 Å². The van der Waals surface area contributed by atoms with Crippen molar-refractivity contribution in [1.82, 2.24) is 4.90 Å². The third-order valence-corrected chi connectivity index (χ3v) is 3.78. The van der Waals surface area contributed by atoms with Crippen LogP contribution in [0.1, 0.15) is 30.9 Å². The highest BCUT2D eigenvalue weighted by atomic mass is 32.1. The number of carbonyl (C=O) groups excluding carboxylic acids is 1. The van der Waals surface area contributed by atoms with Gasteiger partial charge in [-0.15, -0.1) is 0 Å². The summed E-state index contributed by atoms with van der Waals surface area (Å²) < 4.78 is 5.80. The monoisotopic (exact) mass is 292 g/mol. The van der Waals surface area contributed by atoms with E-state index in [-0.39, 0.29) is 5.91 Å². The Morgan fingerprint density at radius 3 is 2.65 bits per heavy atom. The number of hydrogen-bond acceptors (Lipinski definition) is 3. The van der Waals surface area contributed by atoms with Crippen LogP contribution in [0, 0.1) is 6.92 Å². The van der Waals surface area contributed by atoms with Crippen LogP contribution in [0.2, 0.25) is 0 Å². The van der Waals surface area contributed by atoms with Gasteiger partial charge in [0.05, 0.1) is 0 Å². The van der Waals surface area contributed by atoms with E-state index in [4.69, 9.17) is 22.7 Å². The Morgan fingerprint density at radius 1 is 1.40 bits per heavy atom. The molecule has 1 unspecified atom stereocenters. The summed E-state index contributed by atoms with van der Waals surface area (Å²) >= 11 is 4.96. The minimum absolute atomic E-state index is 0.0441. The fraction of sp³-hybridized carbons (Fsp3) is 0.467. The number of amides is 1. The molecule has 1 saturated heterocycles. The number of thiocarbonyl (C=S) groups is 1. The SMILES string of the molecule is Cc1ccc(C(N)=S)cc1OC(C)C(=O)N1CCCC1. The number of carbonyl (C=O) groups is 1. The van der Waals surface area contributed by atoms with Crippen LogP contribution in [0.25, 0.3) is 0 Å². The highest BCUT2D eigenvalue weighted by Gasteiger charge is 2.24. The van der Waals surface area contributed by atoms with Crippen molar-refractivity contribution < 1.29 is 9.53 Å². The molecule has 1 aliphatic heterocycles. The van der Waals surface area contributed by atoms with E-state index in [0.29, 0.717) is 10.7 Å². The van der Waals surface area contributed by atoms with E-state index in [1.165, 1.54) is 0 Å². The van der Waals surface area contributed by atoms with Crippen molar-refractivity contribution in [3.05, 3.63) is 29.3 Å². The number of benzene rings is 1. The Kier molecular flexibility index (Phi) is 4.60. The molecule has 1 atom stereocenters. The van der Waals surface area contributed by atoms with E-state index in [1.807, 2.05) is 24.0 Å². The van der Waals surface area contributed by atoms with Gasteiger partial charge in [-0.3, -0.25) is 4.79 Å².